The molecule has 1 heterocycles. The van der Waals surface area contributed by atoms with Gasteiger partial charge in [-0.2, -0.15) is 0 Å². The van der Waals surface area contributed by atoms with Gasteiger partial charge >= 0.3 is 0 Å². The molecule has 0 aliphatic heterocycles. The van der Waals surface area contributed by atoms with Crippen LogP contribution in [0, 0.1) is 6.92 Å². The van der Waals surface area contributed by atoms with Crippen LogP contribution in [0.5, 0.6) is 0 Å². The second-order valence-electron chi connectivity index (χ2n) is 1.72. The highest BCUT2D eigenvalue weighted by Gasteiger charge is 1.93. The van der Waals surface area contributed by atoms with Gasteiger partial charge in [-0.25, -0.2) is 4.98 Å². The number of nitrogens with zero attached hydrogens (tertiary/aromatic N) is 2. The molecule has 0 radical (unpaired) electrons. The Morgan fingerprint density at radius 2 is 2.38 bits per heavy atom. The summed E-state index contributed by atoms with van der Waals surface area (Å²) in [7, 11) is 1.91. The highest BCUT2D eigenvalue weighted by Crippen LogP contribution is 2.04. The molecular weight excluding hydrogens is 124 g/mol. The van der Waals surface area contributed by atoms with Gasteiger partial charge in [-0.1, -0.05) is 11.6 Å². The Hall–Kier alpha value is -0.500. The number of hydrogen-bond acceptors (Lipinski definition) is 1. The van der Waals surface area contributed by atoms with E-state index in [9.17, 15) is 0 Å². The van der Waals surface area contributed by atoms with Crippen LogP contribution in [0.2, 0.25) is 5.15 Å². The average molecular weight is 131 g/mol. The molecule has 0 aliphatic carbocycles. The van der Waals surface area contributed by atoms with Gasteiger partial charge in [0.05, 0.1) is 0 Å². The van der Waals surface area contributed by atoms with E-state index in [0.29, 0.717) is 5.15 Å². The zero-order valence-corrected chi connectivity index (χ0v) is 5.61. The predicted molar refractivity (Wildman–Crippen MR) is 33.0 cm³/mol. The van der Waals surface area contributed by atoms with Gasteiger partial charge in [0.15, 0.2) is 0 Å². The maximum atomic E-state index is 5.53. The van der Waals surface area contributed by atoms with Crippen molar-refractivity contribution in [1.82, 2.24) is 9.55 Å². The molecule has 44 valence electrons. The van der Waals surface area contributed by atoms with Crippen LogP contribution in [-0.4, -0.2) is 9.55 Å². The number of imidazole rings is 1. The van der Waals surface area contributed by atoms with Crippen molar-refractivity contribution in [3.05, 3.63) is 17.2 Å². The van der Waals surface area contributed by atoms with Gasteiger partial charge < -0.3 is 4.57 Å². The molecule has 2 nitrogen and oxygen atoms in total. The fourth-order valence-electron chi connectivity index (χ4n) is 0.516. The molecule has 3 heteroatoms. The molecule has 0 spiro atoms. The minimum atomic E-state index is 0.560. The molecule has 1 rings (SSSR count). The summed E-state index contributed by atoms with van der Waals surface area (Å²) >= 11 is 5.53. The third kappa shape index (κ3) is 0.842. The monoisotopic (exact) mass is 130 g/mol. The minimum Gasteiger partial charge on any atom is -0.337 e. The lowest BCUT2D eigenvalue weighted by Gasteiger charge is -1.87. The summed E-state index contributed by atoms with van der Waals surface area (Å²) in [6.45, 7) is 1.91. The molecule has 0 fully saturated rings. The molecule has 0 aliphatic rings. The van der Waals surface area contributed by atoms with Gasteiger partial charge in [-0.3, -0.25) is 0 Å². The standard InChI is InChI=1S/C5H7ClN2/c1-4-7-5(6)3-8(4)2/h3H,1-2H3. The van der Waals surface area contributed by atoms with E-state index in [-0.39, 0.29) is 0 Å². The molecule has 0 N–H and O–H groups in total. The Balaban J connectivity index is 3.14. The highest BCUT2D eigenvalue weighted by molar-refractivity contribution is 6.29. The van der Waals surface area contributed by atoms with Crippen molar-refractivity contribution in [3.63, 3.8) is 0 Å². The summed E-state index contributed by atoms with van der Waals surface area (Å²) in [5, 5.41) is 0.560. The molecule has 1 aromatic rings. The van der Waals surface area contributed by atoms with E-state index in [1.807, 2.05) is 18.5 Å². The molecule has 1 aromatic heterocycles. The third-order valence-electron chi connectivity index (χ3n) is 1.08. The first-order chi connectivity index (χ1) is 3.70. The SMILES string of the molecule is Cc1nc(Cl)cn1C. The van der Waals surface area contributed by atoms with Crippen LogP contribution in [0.25, 0.3) is 0 Å². The maximum absolute atomic E-state index is 5.53. The number of rotatable bonds is 0. The molecule has 0 aromatic carbocycles. The first-order valence-corrected chi connectivity index (χ1v) is 2.73. The molecule has 0 unspecified atom stereocenters. The Labute approximate surface area is 53.1 Å². The fraction of sp³-hybridized carbons (Fsp3) is 0.400. The Morgan fingerprint density at radius 1 is 1.75 bits per heavy atom. The summed E-state index contributed by atoms with van der Waals surface area (Å²) in [6, 6.07) is 0. The lowest BCUT2D eigenvalue weighted by atomic mass is 10.7. The van der Waals surface area contributed by atoms with E-state index in [2.05, 4.69) is 4.98 Å². The highest BCUT2D eigenvalue weighted by atomic mass is 35.5. The molecule has 0 saturated carbocycles. The molecule has 8 heavy (non-hydrogen) atoms. The normalized spacial score (nSPS) is 9.88. The Morgan fingerprint density at radius 3 is 2.50 bits per heavy atom. The van der Waals surface area contributed by atoms with Crippen molar-refractivity contribution in [2.75, 3.05) is 0 Å². The van der Waals surface area contributed by atoms with Crippen LogP contribution in [0.3, 0.4) is 0 Å². The van der Waals surface area contributed by atoms with Crippen LogP contribution in [0.15, 0.2) is 6.20 Å². The molecule has 0 saturated heterocycles. The summed E-state index contributed by atoms with van der Waals surface area (Å²) in [6.07, 6.45) is 1.77. The van der Waals surface area contributed by atoms with Gasteiger partial charge in [0.2, 0.25) is 0 Å². The van der Waals surface area contributed by atoms with E-state index in [1.54, 1.807) is 6.20 Å². The van der Waals surface area contributed by atoms with Crippen molar-refractivity contribution in [2.45, 2.75) is 6.92 Å². The van der Waals surface area contributed by atoms with Crippen molar-refractivity contribution in [2.24, 2.45) is 7.05 Å². The number of aryl methyl sites for hydroxylation is 2. The van der Waals surface area contributed by atoms with E-state index in [0.717, 1.165) is 5.82 Å². The van der Waals surface area contributed by atoms with Crippen LogP contribution >= 0.6 is 11.6 Å². The number of hydrogen-bond donors (Lipinski definition) is 0. The van der Waals surface area contributed by atoms with Crippen molar-refractivity contribution in [1.29, 1.82) is 0 Å². The topological polar surface area (TPSA) is 17.8 Å². The third-order valence-corrected chi connectivity index (χ3v) is 1.26. The summed E-state index contributed by atoms with van der Waals surface area (Å²) in [5.41, 5.74) is 0. The number of aromatic nitrogens is 2. The Bertz CT molecular complexity index is 173. The predicted octanol–water partition coefficient (Wildman–Crippen LogP) is 1.38. The first-order valence-electron chi connectivity index (χ1n) is 2.35. The average Bonchev–Trinajstić information content (AvgIpc) is 1.85. The van der Waals surface area contributed by atoms with Gasteiger partial charge in [0, 0.05) is 13.2 Å². The zero-order valence-electron chi connectivity index (χ0n) is 4.85. The zero-order chi connectivity index (χ0) is 6.15. The van der Waals surface area contributed by atoms with Crippen molar-refractivity contribution in [3.8, 4) is 0 Å². The van der Waals surface area contributed by atoms with Gasteiger partial charge in [0.25, 0.3) is 0 Å². The second kappa shape index (κ2) is 1.78. The maximum Gasteiger partial charge on any atom is 0.147 e. The lowest BCUT2D eigenvalue weighted by molar-refractivity contribution is 0.858. The van der Waals surface area contributed by atoms with E-state index < -0.39 is 0 Å². The minimum absolute atomic E-state index is 0.560. The lowest BCUT2D eigenvalue weighted by Crippen LogP contribution is -1.86. The molecular formula is C5H7ClN2. The summed E-state index contributed by atoms with van der Waals surface area (Å²) in [4.78, 5) is 3.94. The number of halogens is 1. The van der Waals surface area contributed by atoms with Crippen LogP contribution < -0.4 is 0 Å². The smallest absolute Gasteiger partial charge is 0.147 e. The van der Waals surface area contributed by atoms with E-state index in [1.165, 1.54) is 0 Å². The quantitative estimate of drug-likeness (QED) is 0.519. The van der Waals surface area contributed by atoms with Gasteiger partial charge in [-0.05, 0) is 6.92 Å². The summed E-state index contributed by atoms with van der Waals surface area (Å²) in [5.74, 6) is 0.940. The molecule has 0 amide bonds. The van der Waals surface area contributed by atoms with Crippen LogP contribution in [0.1, 0.15) is 5.82 Å². The Kier molecular flexibility index (Phi) is 1.26. The summed E-state index contributed by atoms with van der Waals surface area (Å²) < 4.78 is 1.88. The van der Waals surface area contributed by atoms with Crippen molar-refractivity contribution >= 4 is 11.6 Å². The second-order valence-corrected chi connectivity index (χ2v) is 2.11. The fourth-order valence-corrected chi connectivity index (χ4v) is 0.784. The van der Waals surface area contributed by atoms with Crippen molar-refractivity contribution < 1.29 is 0 Å². The molecule has 0 bridgehead atoms. The van der Waals surface area contributed by atoms with Gasteiger partial charge in [0.1, 0.15) is 11.0 Å². The van der Waals surface area contributed by atoms with Gasteiger partial charge in [-0.15, -0.1) is 0 Å². The first kappa shape index (κ1) is 5.63. The van der Waals surface area contributed by atoms with Crippen LogP contribution in [-0.2, 0) is 7.05 Å². The van der Waals surface area contributed by atoms with Crippen LogP contribution in [0.4, 0.5) is 0 Å². The largest absolute Gasteiger partial charge is 0.337 e. The molecule has 0 atom stereocenters. The van der Waals surface area contributed by atoms with E-state index >= 15 is 0 Å². The van der Waals surface area contributed by atoms with E-state index in [4.69, 9.17) is 11.6 Å².